The molecule has 1 unspecified atom stereocenters. The third kappa shape index (κ3) is 3.25. The van der Waals surface area contributed by atoms with Crippen LogP contribution >= 0.6 is 22.9 Å². The Hall–Kier alpha value is -1.85. The maximum Gasteiger partial charge on any atom is 0.141 e. The third-order valence-corrected chi connectivity index (χ3v) is 7.38. The molecular weight excluding hydrogens is 388 g/mol. The van der Waals surface area contributed by atoms with Crippen LogP contribution in [0.4, 0.5) is 11.5 Å². The van der Waals surface area contributed by atoms with E-state index < -0.39 is 0 Å². The third-order valence-electron chi connectivity index (χ3n) is 6.00. The molecule has 0 radical (unpaired) electrons. The molecule has 0 spiro atoms. The zero-order chi connectivity index (χ0) is 19.3. The Morgan fingerprint density at radius 3 is 2.68 bits per heavy atom. The lowest BCUT2D eigenvalue weighted by Gasteiger charge is -2.37. The van der Waals surface area contributed by atoms with Crippen LogP contribution < -0.4 is 9.80 Å². The predicted molar refractivity (Wildman–Crippen MR) is 119 cm³/mol. The van der Waals surface area contributed by atoms with Gasteiger partial charge in [-0.3, -0.25) is 0 Å². The Bertz CT molecular complexity index is 1020. The van der Waals surface area contributed by atoms with Gasteiger partial charge in [0.1, 0.15) is 16.5 Å². The minimum Gasteiger partial charge on any atom is -0.368 e. The maximum absolute atomic E-state index is 6.18. The molecule has 4 nitrogen and oxygen atoms in total. The van der Waals surface area contributed by atoms with Gasteiger partial charge in [0.2, 0.25) is 0 Å². The largest absolute Gasteiger partial charge is 0.368 e. The summed E-state index contributed by atoms with van der Waals surface area (Å²) in [6.07, 6.45) is 3.63. The van der Waals surface area contributed by atoms with Crippen molar-refractivity contribution in [3.63, 3.8) is 0 Å². The van der Waals surface area contributed by atoms with E-state index in [1.807, 2.05) is 30.4 Å². The van der Waals surface area contributed by atoms with Gasteiger partial charge in [0, 0.05) is 41.8 Å². The van der Waals surface area contributed by atoms with Gasteiger partial charge in [-0.1, -0.05) is 24.6 Å². The fourth-order valence-corrected chi connectivity index (χ4v) is 6.11. The van der Waals surface area contributed by atoms with Crippen LogP contribution in [-0.4, -0.2) is 36.1 Å². The summed E-state index contributed by atoms with van der Waals surface area (Å²) in [4.78, 5) is 17.3. The van der Waals surface area contributed by atoms with E-state index >= 15 is 0 Å². The Morgan fingerprint density at radius 2 is 1.89 bits per heavy atom. The van der Waals surface area contributed by atoms with E-state index in [0.717, 1.165) is 48.8 Å². The van der Waals surface area contributed by atoms with E-state index in [4.69, 9.17) is 21.6 Å². The molecule has 3 aromatic rings. The number of hydrogen-bond acceptors (Lipinski definition) is 5. The summed E-state index contributed by atoms with van der Waals surface area (Å²) in [7, 11) is 0. The molecule has 2 aliphatic rings. The number of anilines is 2. The lowest BCUT2D eigenvalue weighted by Crippen LogP contribution is -2.47. The van der Waals surface area contributed by atoms with E-state index in [2.05, 4.69) is 28.9 Å². The molecule has 1 aromatic carbocycles. The summed E-state index contributed by atoms with van der Waals surface area (Å²) in [5.74, 6) is 2.81. The number of aromatic nitrogens is 2. The number of nitrogens with zero attached hydrogens (tertiary/aromatic N) is 4. The Labute approximate surface area is 175 Å². The summed E-state index contributed by atoms with van der Waals surface area (Å²) < 4.78 is 0. The number of piperazine rings is 1. The van der Waals surface area contributed by atoms with Crippen molar-refractivity contribution in [2.24, 2.45) is 5.92 Å². The molecule has 6 heteroatoms. The van der Waals surface area contributed by atoms with Crippen LogP contribution in [0.5, 0.6) is 0 Å². The summed E-state index contributed by atoms with van der Waals surface area (Å²) in [5.41, 5.74) is 2.73. The molecule has 0 N–H and O–H groups in total. The number of halogens is 1. The molecule has 28 heavy (non-hydrogen) atoms. The SMILES string of the molecule is Cc1nc(N2CCN(c3cccc(Cl)c3)CC2)c2c3c(sc2n1)CC(C)CC3. The van der Waals surface area contributed by atoms with Gasteiger partial charge >= 0.3 is 0 Å². The van der Waals surface area contributed by atoms with Crippen molar-refractivity contribution < 1.29 is 0 Å². The maximum atomic E-state index is 6.18. The first-order valence-electron chi connectivity index (χ1n) is 10.1. The zero-order valence-electron chi connectivity index (χ0n) is 16.4. The molecule has 1 saturated heterocycles. The lowest BCUT2D eigenvalue weighted by atomic mass is 9.89. The second kappa shape index (κ2) is 7.20. The van der Waals surface area contributed by atoms with E-state index in [0.29, 0.717) is 0 Å². The van der Waals surface area contributed by atoms with Crippen molar-refractivity contribution in [1.29, 1.82) is 0 Å². The molecule has 146 valence electrons. The molecule has 0 saturated carbocycles. The molecule has 1 atom stereocenters. The summed E-state index contributed by atoms with van der Waals surface area (Å²) in [6, 6.07) is 8.16. The van der Waals surface area contributed by atoms with Gasteiger partial charge in [-0.2, -0.15) is 0 Å². The van der Waals surface area contributed by atoms with E-state index in [-0.39, 0.29) is 0 Å². The first kappa shape index (κ1) is 18.2. The molecule has 2 aromatic heterocycles. The molecule has 1 aliphatic heterocycles. The number of fused-ring (bicyclic) bond motifs is 3. The van der Waals surface area contributed by atoms with Gasteiger partial charge in [0.05, 0.1) is 5.39 Å². The predicted octanol–water partition coefficient (Wildman–Crippen LogP) is 5.10. The number of thiophene rings is 1. The van der Waals surface area contributed by atoms with Gasteiger partial charge < -0.3 is 9.80 Å². The van der Waals surface area contributed by atoms with Gasteiger partial charge in [-0.05, 0) is 55.9 Å². The quantitative estimate of drug-likeness (QED) is 0.585. The molecule has 1 aliphatic carbocycles. The van der Waals surface area contributed by atoms with E-state index in [1.54, 1.807) is 0 Å². The average Bonchev–Trinajstić information content (AvgIpc) is 3.04. The fourth-order valence-electron chi connectivity index (χ4n) is 4.50. The molecule has 5 rings (SSSR count). The van der Waals surface area contributed by atoms with Crippen LogP contribution in [0.25, 0.3) is 10.2 Å². The van der Waals surface area contributed by atoms with Crippen LogP contribution in [0.3, 0.4) is 0 Å². The van der Waals surface area contributed by atoms with Crippen molar-refractivity contribution in [2.75, 3.05) is 36.0 Å². The van der Waals surface area contributed by atoms with Crippen molar-refractivity contribution in [3.05, 3.63) is 45.6 Å². The minimum atomic E-state index is 0.777. The Kier molecular flexibility index (Phi) is 4.68. The molecular formula is C22H25ClN4S. The Balaban J connectivity index is 1.45. The highest BCUT2D eigenvalue weighted by Gasteiger charge is 2.27. The first-order chi connectivity index (χ1) is 13.6. The molecule has 1 fully saturated rings. The number of aryl methyl sites for hydroxylation is 2. The van der Waals surface area contributed by atoms with Gasteiger partial charge in [0.15, 0.2) is 0 Å². The second-order valence-electron chi connectivity index (χ2n) is 8.08. The summed E-state index contributed by atoms with van der Waals surface area (Å²) in [6.45, 7) is 8.29. The van der Waals surface area contributed by atoms with Crippen LogP contribution in [0.15, 0.2) is 24.3 Å². The van der Waals surface area contributed by atoms with Crippen LogP contribution in [-0.2, 0) is 12.8 Å². The van der Waals surface area contributed by atoms with Gasteiger partial charge in [-0.15, -0.1) is 11.3 Å². The first-order valence-corrected chi connectivity index (χ1v) is 11.3. The van der Waals surface area contributed by atoms with Crippen molar-refractivity contribution in [2.45, 2.75) is 33.1 Å². The topological polar surface area (TPSA) is 32.3 Å². The fraction of sp³-hybridized carbons (Fsp3) is 0.455. The van der Waals surface area contributed by atoms with Crippen LogP contribution in [0.2, 0.25) is 5.02 Å². The Morgan fingerprint density at radius 1 is 1.11 bits per heavy atom. The molecule has 0 amide bonds. The lowest BCUT2D eigenvalue weighted by molar-refractivity contribution is 0.509. The standard InChI is InChI=1S/C22H25ClN4S/c1-14-6-7-18-19(12-14)28-22-20(18)21(24-15(2)25-22)27-10-8-26(9-11-27)17-5-3-4-16(23)13-17/h3-5,13-14H,6-12H2,1-2H3. The van der Waals surface area contributed by atoms with Crippen LogP contribution in [0, 0.1) is 12.8 Å². The van der Waals surface area contributed by atoms with Crippen molar-refractivity contribution >= 4 is 44.7 Å². The molecule has 3 heterocycles. The monoisotopic (exact) mass is 412 g/mol. The summed E-state index contributed by atoms with van der Waals surface area (Å²) >= 11 is 8.08. The van der Waals surface area contributed by atoms with Crippen molar-refractivity contribution in [3.8, 4) is 0 Å². The molecule has 0 bridgehead atoms. The highest BCUT2D eigenvalue weighted by molar-refractivity contribution is 7.19. The smallest absolute Gasteiger partial charge is 0.141 e. The van der Waals surface area contributed by atoms with E-state index in [1.165, 1.54) is 45.6 Å². The number of benzene rings is 1. The number of rotatable bonds is 2. The van der Waals surface area contributed by atoms with Gasteiger partial charge in [-0.25, -0.2) is 9.97 Å². The second-order valence-corrected chi connectivity index (χ2v) is 9.60. The normalized spacial score (nSPS) is 19.9. The van der Waals surface area contributed by atoms with Gasteiger partial charge in [0.25, 0.3) is 0 Å². The van der Waals surface area contributed by atoms with Crippen molar-refractivity contribution in [1.82, 2.24) is 9.97 Å². The summed E-state index contributed by atoms with van der Waals surface area (Å²) in [5, 5.41) is 2.13. The number of hydrogen-bond donors (Lipinski definition) is 0. The van der Waals surface area contributed by atoms with E-state index in [9.17, 15) is 0 Å². The van der Waals surface area contributed by atoms with Crippen LogP contribution in [0.1, 0.15) is 29.6 Å². The highest BCUT2D eigenvalue weighted by Crippen LogP contribution is 2.41. The minimum absolute atomic E-state index is 0.777. The highest BCUT2D eigenvalue weighted by atomic mass is 35.5. The average molecular weight is 413 g/mol. The zero-order valence-corrected chi connectivity index (χ0v) is 18.0.